The van der Waals surface area contributed by atoms with Crippen LogP contribution in [0.5, 0.6) is 0 Å². The highest BCUT2D eigenvalue weighted by atomic mass is 16.1. The zero-order valence-electron chi connectivity index (χ0n) is 12.6. The van der Waals surface area contributed by atoms with Gasteiger partial charge in [0.05, 0.1) is 5.69 Å². The smallest absolute Gasteiger partial charge is 0.272 e. The number of aromatic amines is 1. The van der Waals surface area contributed by atoms with Gasteiger partial charge in [0.25, 0.3) is 5.56 Å². The second-order valence-electron chi connectivity index (χ2n) is 6.63. The average molecular weight is 285 g/mol. The largest absolute Gasteiger partial charge is 0.300 e. The SMILES string of the molecule is CN(Cc1cc(=O)n2[nH]cc(C#N)c2n1)CC1CC1(C)C. The van der Waals surface area contributed by atoms with Gasteiger partial charge in [0.15, 0.2) is 5.65 Å². The third-order valence-corrected chi connectivity index (χ3v) is 4.35. The number of H-pyrrole nitrogens is 1. The molecule has 0 aliphatic heterocycles. The molecule has 1 atom stereocenters. The van der Waals surface area contributed by atoms with Crippen molar-refractivity contribution in [2.45, 2.75) is 26.8 Å². The van der Waals surface area contributed by atoms with Crippen molar-refractivity contribution in [3.63, 3.8) is 0 Å². The van der Waals surface area contributed by atoms with Gasteiger partial charge in [-0.1, -0.05) is 13.8 Å². The minimum atomic E-state index is -0.184. The van der Waals surface area contributed by atoms with E-state index < -0.39 is 0 Å². The summed E-state index contributed by atoms with van der Waals surface area (Å²) in [4.78, 5) is 18.6. The van der Waals surface area contributed by atoms with Crippen molar-refractivity contribution in [3.05, 3.63) is 33.9 Å². The van der Waals surface area contributed by atoms with Crippen LogP contribution in [-0.2, 0) is 6.54 Å². The van der Waals surface area contributed by atoms with Gasteiger partial charge >= 0.3 is 0 Å². The molecule has 3 rings (SSSR count). The Balaban J connectivity index is 1.81. The lowest BCUT2D eigenvalue weighted by molar-refractivity contribution is 0.292. The van der Waals surface area contributed by atoms with Crippen LogP contribution in [0.4, 0.5) is 0 Å². The molecule has 2 heterocycles. The molecular formula is C15H19N5O. The Morgan fingerprint density at radius 1 is 1.62 bits per heavy atom. The molecule has 1 aliphatic rings. The first kappa shape index (κ1) is 13.8. The molecule has 0 saturated heterocycles. The fraction of sp³-hybridized carbons (Fsp3) is 0.533. The van der Waals surface area contributed by atoms with Crippen molar-refractivity contribution in [1.82, 2.24) is 19.5 Å². The molecule has 1 fully saturated rings. The van der Waals surface area contributed by atoms with E-state index in [9.17, 15) is 4.79 Å². The number of nitrogens with zero attached hydrogens (tertiary/aromatic N) is 4. The molecule has 21 heavy (non-hydrogen) atoms. The zero-order chi connectivity index (χ0) is 15.2. The Morgan fingerprint density at radius 2 is 2.33 bits per heavy atom. The molecule has 0 bridgehead atoms. The number of hydrogen-bond acceptors (Lipinski definition) is 4. The van der Waals surface area contributed by atoms with Crippen LogP contribution < -0.4 is 5.56 Å². The number of hydrogen-bond donors (Lipinski definition) is 1. The van der Waals surface area contributed by atoms with E-state index in [0.29, 0.717) is 34.8 Å². The molecule has 0 radical (unpaired) electrons. The third kappa shape index (κ3) is 2.57. The summed E-state index contributed by atoms with van der Waals surface area (Å²) in [5.41, 5.74) is 1.76. The second kappa shape index (κ2) is 4.71. The molecule has 1 saturated carbocycles. The van der Waals surface area contributed by atoms with Crippen LogP contribution in [0.2, 0.25) is 0 Å². The van der Waals surface area contributed by atoms with E-state index in [1.54, 1.807) is 0 Å². The normalized spacial score (nSPS) is 19.9. The molecule has 0 spiro atoms. The molecule has 2 aromatic rings. The maximum Gasteiger partial charge on any atom is 0.272 e. The summed E-state index contributed by atoms with van der Waals surface area (Å²) in [5, 5.41) is 11.8. The highest BCUT2D eigenvalue weighted by Crippen LogP contribution is 2.51. The minimum Gasteiger partial charge on any atom is -0.300 e. The van der Waals surface area contributed by atoms with Crippen LogP contribution in [0.3, 0.4) is 0 Å². The van der Waals surface area contributed by atoms with Crippen LogP contribution in [0, 0.1) is 22.7 Å². The van der Waals surface area contributed by atoms with Crippen LogP contribution >= 0.6 is 0 Å². The van der Waals surface area contributed by atoms with E-state index in [-0.39, 0.29) is 5.56 Å². The summed E-state index contributed by atoms with van der Waals surface area (Å²) in [7, 11) is 2.04. The molecule has 1 aliphatic carbocycles. The Kier molecular flexibility index (Phi) is 3.10. The molecule has 6 heteroatoms. The molecule has 6 nitrogen and oxygen atoms in total. The fourth-order valence-corrected chi connectivity index (χ4v) is 2.80. The van der Waals surface area contributed by atoms with Gasteiger partial charge in [0.1, 0.15) is 11.6 Å². The summed E-state index contributed by atoms with van der Waals surface area (Å²) < 4.78 is 1.30. The maximum atomic E-state index is 12.0. The van der Waals surface area contributed by atoms with E-state index in [0.717, 1.165) is 6.54 Å². The lowest BCUT2D eigenvalue weighted by Gasteiger charge is -2.17. The maximum absolute atomic E-state index is 12.0. The number of aromatic nitrogens is 3. The van der Waals surface area contributed by atoms with Gasteiger partial charge in [0.2, 0.25) is 0 Å². The first-order valence-electron chi connectivity index (χ1n) is 7.09. The predicted molar refractivity (Wildman–Crippen MR) is 78.7 cm³/mol. The topological polar surface area (TPSA) is 77.2 Å². The second-order valence-corrected chi connectivity index (χ2v) is 6.63. The van der Waals surface area contributed by atoms with Crippen LogP contribution in [0.15, 0.2) is 17.1 Å². The van der Waals surface area contributed by atoms with E-state index in [2.05, 4.69) is 28.8 Å². The quantitative estimate of drug-likeness (QED) is 0.920. The van der Waals surface area contributed by atoms with Crippen molar-refractivity contribution in [1.29, 1.82) is 5.26 Å². The summed E-state index contributed by atoms with van der Waals surface area (Å²) in [5.74, 6) is 0.717. The van der Waals surface area contributed by atoms with Crippen molar-refractivity contribution in [2.24, 2.45) is 11.3 Å². The van der Waals surface area contributed by atoms with Crippen molar-refractivity contribution >= 4 is 5.65 Å². The monoisotopic (exact) mass is 285 g/mol. The fourth-order valence-electron chi connectivity index (χ4n) is 2.80. The Labute approximate surface area is 123 Å². The molecule has 0 amide bonds. The van der Waals surface area contributed by atoms with Gasteiger partial charge in [-0.15, -0.1) is 0 Å². The minimum absolute atomic E-state index is 0.184. The first-order chi connectivity index (χ1) is 9.90. The highest BCUT2D eigenvalue weighted by molar-refractivity contribution is 5.53. The Hall–Kier alpha value is -2.13. The van der Waals surface area contributed by atoms with Crippen LogP contribution in [-0.4, -0.2) is 33.1 Å². The number of nitrogens with one attached hydrogen (secondary N) is 1. The predicted octanol–water partition coefficient (Wildman–Crippen LogP) is 1.37. The third-order valence-electron chi connectivity index (χ3n) is 4.35. The van der Waals surface area contributed by atoms with E-state index >= 15 is 0 Å². The van der Waals surface area contributed by atoms with E-state index in [1.165, 1.54) is 23.2 Å². The first-order valence-corrected chi connectivity index (χ1v) is 7.09. The summed E-state index contributed by atoms with van der Waals surface area (Å²) in [6.07, 6.45) is 2.76. The summed E-state index contributed by atoms with van der Waals surface area (Å²) in [6, 6.07) is 3.57. The number of rotatable bonds is 4. The van der Waals surface area contributed by atoms with Crippen LogP contribution in [0.1, 0.15) is 31.5 Å². The molecule has 1 unspecified atom stereocenters. The van der Waals surface area contributed by atoms with Gasteiger partial charge in [-0.3, -0.25) is 9.89 Å². The Morgan fingerprint density at radius 3 is 2.95 bits per heavy atom. The van der Waals surface area contributed by atoms with Gasteiger partial charge in [-0.25, -0.2) is 9.50 Å². The standard InChI is InChI=1S/C15H19N5O/c1-15(2)5-11(15)8-19(3)9-12-4-13(21)20-14(18-12)10(6-16)7-17-20/h4,7,11,17H,5,8-9H2,1-3H3. The number of fused-ring (bicyclic) bond motifs is 1. The zero-order valence-corrected chi connectivity index (χ0v) is 12.6. The summed E-state index contributed by atoms with van der Waals surface area (Å²) >= 11 is 0. The van der Waals surface area contributed by atoms with Gasteiger partial charge in [-0.05, 0) is 24.8 Å². The molecular weight excluding hydrogens is 266 g/mol. The van der Waals surface area contributed by atoms with Crippen molar-refractivity contribution in [2.75, 3.05) is 13.6 Å². The van der Waals surface area contributed by atoms with Gasteiger partial charge in [-0.2, -0.15) is 5.26 Å². The average Bonchev–Trinajstić information content (AvgIpc) is 2.84. The number of nitriles is 1. The van der Waals surface area contributed by atoms with E-state index in [4.69, 9.17) is 5.26 Å². The lowest BCUT2D eigenvalue weighted by Crippen LogP contribution is -2.24. The molecule has 0 aromatic carbocycles. The molecule has 110 valence electrons. The van der Waals surface area contributed by atoms with Gasteiger partial charge < -0.3 is 4.90 Å². The van der Waals surface area contributed by atoms with Crippen LogP contribution in [0.25, 0.3) is 5.65 Å². The van der Waals surface area contributed by atoms with Crippen molar-refractivity contribution < 1.29 is 0 Å². The molecule has 1 N–H and O–H groups in total. The van der Waals surface area contributed by atoms with E-state index in [1.807, 2.05) is 13.1 Å². The Bertz CT molecular complexity index is 779. The highest BCUT2D eigenvalue weighted by Gasteiger charge is 2.45. The molecule has 2 aromatic heterocycles. The summed E-state index contributed by atoms with van der Waals surface area (Å²) in [6.45, 7) is 6.18. The van der Waals surface area contributed by atoms with Crippen molar-refractivity contribution in [3.8, 4) is 6.07 Å². The van der Waals surface area contributed by atoms with Gasteiger partial charge in [0, 0.05) is 25.4 Å². The lowest BCUT2D eigenvalue weighted by atomic mass is 10.1.